The van der Waals surface area contributed by atoms with Crippen LogP contribution in [0.2, 0.25) is 0 Å². The van der Waals surface area contributed by atoms with Gasteiger partial charge in [0.25, 0.3) is 0 Å². The number of imidazole rings is 1. The van der Waals surface area contributed by atoms with Gasteiger partial charge in [-0.2, -0.15) is 28.6 Å². The molecule has 12 nitrogen and oxygen atoms in total. The second-order valence-electron chi connectivity index (χ2n) is 9.58. The third-order valence-corrected chi connectivity index (χ3v) is 6.63. The molecule has 1 fully saturated rings. The predicted molar refractivity (Wildman–Crippen MR) is 139 cm³/mol. The fourth-order valence-electron chi connectivity index (χ4n) is 4.61. The topological polar surface area (TPSA) is 142 Å². The van der Waals surface area contributed by atoms with Crippen LogP contribution in [0.3, 0.4) is 0 Å². The fourth-order valence-corrected chi connectivity index (χ4v) is 4.61. The lowest BCUT2D eigenvalue weighted by Gasteiger charge is -2.48. The molecular weight excluding hydrogens is 543 g/mol. The summed E-state index contributed by atoms with van der Waals surface area (Å²) in [6.07, 6.45) is 2.38. The van der Waals surface area contributed by atoms with Crippen LogP contribution in [0.5, 0.6) is 0 Å². The van der Waals surface area contributed by atoms with E-state index >= 15 is 0 Å². The van der Waals surface area contributed by atoms with E-state index in [1.54, 1.807) is 62.3 Å². The van der Waals surface area contributed by atoms with Gasteiger partial charge >= 0.3 is 12.2 Å². The number of methoxy groups -OCH3 is 1. The molecule has 0 bridgehead atoms. The van der Waals surface area contributed by atoms with Crippen molar-refractivity contribution >= 4 is 23.3 Å². The number of nitrogens with zero attached hydrogens (tertiary/aromatic N) is 7. The van der Waals surface area contributed by atoms with Gasteiger partial charge in [0.15, 0.2) is 5.65 Å². The van der Waals surface area contributed by atoms with Gasteiger partial charge in [-0.05, 0) is 18.2 Å². The van der Waals surface area contributed by atoms with Crippen LogP contribution in [-0.4, -0.2) is 80.7 Å². The summed E-state index contributed by atoms with van der Waals surface area (Å²) in [5.41, 5.74) is 2.91. The van der Waals surface area contributed by atoms with E-state index in [0.29, 0.717) is 35.7 Å². The number of urea groups is 1. The zero-order valence-electron chi connectivity index (χ0n) is 21.7. The molecule has 5 rings (SSSR count). The Morgan fingerprint density at radius 3 is 2.63 bits per heavy atom. The van der Waals surface area contributed by atoms with Gasteiger partial charge in [0.2, 0.25) is 5.91 Å². The summed E-state index contributed by atoms with van der Waals surface area (Å²) in [6, 6.07) is 9.59. The Labute approximate surface area is 231 Å². The minimum Gasteiger partial charge on any atom is -0.375 e. The van der Waals surface area contributed by atoms with Crippen molar-refractivity contribution in [1.29, 1.82) is 5.26 Å². The Hall–Kier alpha value is -4.97. The van der Waals surface area contributed by atoms with E-state index in [0.717, 1.165) is 11.1 Å². The van der Waals surface area contributed by atoms with E-state index in [9.17, 15) is 28.0 Å². The Morgan fingerprint density at radius 1 is 1.12 bits per heavy atom. The number of ether oxygens (including phenoxy) is 1. The summed E-state index contributed by atoms with van der Waals surface area (Å²) >= 11 is 0. The standard InChI is InChI=1S/C26H24F3N9O3/c1-41-13-23(39)36-15-25(16-36,5-6-30)37-12-19(10-33-37)18-8-22-31-11-21(38(22)34-9-18)17-3-2-4-20(7-17)35-24(40)32-14-26(27,28)29/h2-4,7-12H,5,13-16H2,1H3,(H2,32,35,40). The van der Waals surface area contributed by atoms with E-state index < -0.39 is 24.3 Å². The number of hydrogen-bond donors (Lipinski definition) is 2. The lowest BCUT2D eigenvalue weighted by molar-refractivity contribution is -0.146. The average molecular weight is 568 g/mol. The Kier molecular flexibility index (Phi) is 7.33. The highest BCUT2D eigenvalue weighted by atomic mass is 19.4. The van der Waals surface area contributed by atoms with E-state index in [2.05, 4.69) is 26.6 Å². The summed E-state index contributed by atoms with van der Waals surface area (Å²) in [5.74, 6) is -0.149. The van der Waals surface area contributed by atoms with Crippen molar-refractivity contribution in [3.63, 3.8) is 0 Å². The molecule has 3 amide bonds. The number of anilines is 1. The molecule has 1 aliphatic rings. The molecule has 15 heteroatoms. The quantitative estimate of drug-likeness (QED) is 0.333. The zero-order chi connectivity index (χ0) is 29.2. The first kappa shape index (κ1) is 27.6. The molecule has 0 aliphatic carbocycles. The normalized spacial score (nSPS) is 14.4. The summed E-state index contributed by atoms with van der Waals surface area (Å²) in [6.45, 7) is -0.767. The second kappa shape index (κ2) is 10.9. The monoisotopic (exact) mass is 567 g/mol. The van der Waals surface area contributed by atoms with Crippen molar-refractivity contribution in [3.8, 4) is 28.5 Å². The van der Waals surface area contributed by atoms with Crippen molar-refractivity contribution in [2.45, 2.75) is 18.1 Å². The Balaban J connectivity index is 1.33. The van der Waals surface area contributed by atoms with Gasteiger partial charge < -0.3 is 20.3 Å². The molecule has 0 atom stereocenters. The summed E-state index contributed by atoms with van der Waals surface area (Å²) < 4.78 is 45.3. The number of amides is 3. The van der Waals surface area contributed by atoms with Gasteiger partial charge in [-0.15, -0.1) is 0 Å². The maximum Gasteiger partial charge on any atom is 0.405 e. The number of halogens is 3. The van der Waals surface area contributed by atoms with Crippen LogP contribution in [0.15, 0.2) is 55.1 Å². The van der Waals surface area contributed by atoms with Gasteiger partial charge in [-0.1, -0.05) is 12.1 Å². The molecule has 2 N–H and O–H groups in total. The SMILES string of the molecule is COCC(=O)N1CC(CC#N)(n2cc(-c3cnn4c(-c5cccc(NC(=O)NCC(F)(F)F)c5)cnc4c3)cn2)C1. The van der Waals surface area contributed by atoms with Gasteiger partial charge in [0.05, 0.1) is 36.8 Å². The Morgan fingerprint density at radius 2 is 1.90 bits per heavy atom. The van der Waals surface area contributed by atoms with Gasteiger partial charge in [-0.3, -0.25) is 9.48 Å². The molecule has 4 heterocycles. The minimum absolute atomic E-state index is 0.0247. The van der Waals surface area contributed by atoms with Crippen LogP contribution in [0.4, 0.5) is 23.7 Å². The number of fused-ring (bicyclic) bond motifs is 1. The number of alkyl halides is 3. The smallest absolute Gasteiger partial charge is 0.375 e. The summed E-state index contributed by atoms with van der Waals surface area (Å²) in [7, 11) is 1.45. The molecule has 212 valence electrons. The number of nitrogens with one attached hydrogen (secondary N) is 2. The molecule has 0 spiro atoms. The van der Waals surface area contributed by atoms with Crippen LogP contribution in [0, 0.1) is 11.3 Å². The van der Waals surface area contributed by atoms with Crippen molar-refractivity contribution in [2.24, 2.45) is 0 Å². The molecule has 3 aromatic heterocycles. The van der Waals surface area contributed by atoms with Crippen molar-refractivity contribution in [2.75, 3.05) is 38.7 Å². The molecule has 0 unspecified atom stereocenters. The summed E-state index contributed by atoms with van der Waals surface area (Å²) in [5, 5.41) is 22.5. The van der Waals surface area contributed by atoms with Crippen LogP contribution in [0.1, 0.15) is 6.42 Å². The number of rotatable bonds is 8. The minimum atomic E-state index is -4.51. The van der Waals surface area contributed by atoms with Crippen molar-refractivity contribution < 1.29 is 27.5 Å². The molecule has 0 radical (unpaired) electrons. The van der Waals surface area contributed by atoms with Gasteiger partial charge in [-0.25, -0.2) is 14.3 Å². The first-order chi connectivity index (χ1) is 19.6. The zero-order valence-corrected chi connectivity index (χ0v) is 21.7. The van der Waals surface area contributed by atoms with Crippen molar-refractivity contribution in [3.05, 3.63) is 55.1 Å². The average Bonchev–Trinajstić information content (AvgIpc) is 3.57. The molecule has 41 heavy (non-hydrogen) atoms. The van der Waals surface area contributed by atoms with E-state index in [4.69, 9.17) is 4.74 Å². The molecule has 0 saturated carbocycles. The highest BCUT2D eigenvalue weighted by Crippen LogP contribution is 2.34. The van der Waals surface area contributed by atoms with Crippen LogP contribution < -0.4 is 10.6 Å². The molecule has 1 aromatic carbocycles. The molecule has 1 aliphatic heterocycles. The van der Waals surface area contributed by atoms with Crippen LogP contribution >= 0.6 is 0 Å². The van der Waals surface area contributed by atoms with E-state index in [-0.39, 0.29) is 18.9 Å². The number of likely N-dealkylation sites (tertiary alicyclic amines) is 1. The van der Waals surface area contributed by atoms with E-state index in [1.165, 1.54) is 7.11 Å². The fraction of sp³-hybridized carbons (Fsp3) is 0.308. The number of benzene rings is 1. The highest BCUT2D eigenvalue weighted by Gasteiger charge is 2.47. The maximum atomic E-state index is 12.4. The van der Waals surface area contributed by atoms with Crippen molar-refractivity contribution in [1.82, 2.24) is 34.6 Å². The first-order valence-corrected chi connectivity index (χ1v) is 12.4. The second-order valence-corrected chi connectivity index (χ2v) is 9.58. The predicted octanol–water partition coefficient (Wildman–Crippen LogP) is 3.04. The molecule has 1 saturated heterocycles. The lowest BCUT2D eigenvalue weighted by atomic mass is 9.86. The maximum absolute atomic E-state index is 12.4. The number of aromatic nitrogens is 5. The highest BCUT2D eigenvalue weighted by molar-refractivity contribution is 5.90. The van der Waals surface area contributed by atoms with Crippen LogP contribution in [-0.2, 0) is 15.1 Å². The Bertz CT molecular complexity index is 1630. The van der Waals surface area contributed by atoms with E-state index in [1.807, 2.05) is 12.3 Å². The largest absolute Gasteiger partial charge is 0.405 e. The lowest BCUT2D eigenvalue weighted by Crippen LogP contribution is -2.64. The van der Waals surface area contributed by atoms with Gasteiger partial charge in [0, 0.05) is 48.8 Å². The third-order valence-electron chi connectivity index (χ3n) is 6.63. The third kappa shape index (κ3) is 5.82. The number of nitriles is 1. The number of carbonyl (C=O) groups excluding carboxylic acids is 2. The van der Waals surface area contributed by atoms with Crippen LogP contribution in [0.25, 0.3) is 28.0 Å². The number of hydrogen-bond acceptors (Lipinski definition) is 7. The summed E-state index contributed by atoms with van der Waals surface area (Å²) in [4.78, 5) is 30.0. The first-order valence-electron chi connectivity index (χ1n) is 12.4. The van der Waals surface area contributed by atoms with Gasteiger partial charge in [0.1, 0.15) is 18.7 Å². The molecular formula is C26H24F3N9O3. The number of carbonyl (C=O) groups is 2. The molecule has 4 aromatic rings.